The molecule has 1 fully saturated rings. The number of hydrogen-bond donors (Lipinski definition) is 2. The standard InChI is InChI=1S/C16H22N2O2/c17-16(18)14-7-5-12(6-8-14)3-1-2-4-13-9-10-20-15(19)11-13/h5-8,13H,1-4,9-11H2,(H3,17,18). The molecule has 1 aromatic carbocycles. The molecule has 4 nitrogen and oxygen atoms in total. The fourth-order valence-corrected chi connectivity index (χ4v) is 2.60. The van der Waals surface area contributed by atoms with Gasteiger partial charge in [0, 0.05) is 12.0 Å². The van der Waals surface area contributed by atoms with Crippen molar-refractivity contribution in [3.05, 3.63) is 35.4 Å². The molecular formula is C16H22N2O2. The molecule has 20 heavy (non-hydrogen) atoms. The molecule has 0 aliphatic carbocycles. The summed E-state index contributed by atoms with van der Waals surface area (Å²) in [5, 5.41) is 7.34. The number of nitrogens with one attached hydrogen (secondary N) is 1. The van der Waals surface area contributed by atoms with Gasteiger partial charge in [0.05, 0.1) is 6.61 Å². The quantitative estimate of drug-likeness (QED) is 0.362. The van der Waals surface area contributed by atoms with Crippen molar-refractivity contribution in [1.82, 2.24) is 0 Å². The van der Waals surface area contributed by atoms with Crippen LogP contribution in [0.5, 0.6) is 0 Å². The Labute approximate surface area is 119 Å². The first kappa shape index (κ1) is 14.6. The zero-order chi connectivity index (χ0) is 14.4. The molecule has 0 bridgehead atoms. The molecule has 1 aliphatic rings. The Morgan fingerprint density at radius 2 is 2.05 bits per heavy atom. The summed E-state index contributed by atoms with van der Waals surface area (Å²) in [6, 6.07) is 7.87. The third kappa shape index (κ3) is 4.37. The van der Waals surface area contributed by atoms with E-state index in [-0.39, 0.29) is 11.8 Å². The average molecular weight is 274 g/mol. The molecule has 2 rings (SSSR count). The Balaban J connectivity index is 1.67. The van der Waals surface area contributed by atoms with E-state index in [4.69, 9.17) is 15.9 Å². The van der Waals surface area contributed by atoms with Crippen molar-refractivity contribution in [2.45, 2.75) is 38.5 Å². The van der Waals surface area contributed by atoms with Crippen LogP contribution in [0.1, 0.15) is 43.2 Å². The highest BCUT2D eigenvalue weighted by molar-refractivity contribution is 5.94. The Kier molecular flexibility index (Phi) is 5.16. The van der Waals surface area contributed by atoms with Crippen molar-refractivity contribution >= 4 is 11.8 Å². The van der Waals surface area contributed by atoms with E-state index >= 15 is 0 Å². The molecule has 0 aromatic heterocycles. The molecule has 0 spiro atoms. The number of esters is 1. The second-order valence-corrected chi connectivity index (χ2v) is 5.44. The van der Waals surface area contributed by atoms with Crippen molar-refractivity contribution in [2.75, 3.05) is 6.61 Å². The van der Waals surface area contributed by atoms with Gasteiger partial charge in [-0.25, -0.2) is 0 Å². The second-order valence-electron chi connectivity index (χ2n) is 5.44. The van der Waals surface area contributed by atoms with E-state index in [1.807, 2.05) is 24.3 Å². The van der Waals surface area contributed by atoms with Crippen LogP contribution in [0.3, 0.4) is 0 Å². The first-order chi connectivity index (χ1) is 9.65. The molecule has 1 aromatic rings. The number of benzene rings is 1. The number of carbonyl (C=O) groups excluding carboxylic acids is 1. The van der Waals surface area contributed by atoms with Gasteiger partial charge in [-0.3, -0.25) is 10.2 Å². The number of unbranched alkanes of at least 4 members (excludes halogenated alkanes) is 1. The van der Waals surface area contributed by atoms with Gasteiger partial charge >= 0.3 is 5.97 Å². The van der Waals surface area contributed by atoms with Crippen LogP contribution in [0.25, 0.3) is 0 Å². The topological polar surface area (TPSA) is 76.2 Å². The number of aryl methyl sites for hydroxylation is 1. The molecule has 4 heteroatoms. The van der Waals surface area contributed by atoms with Gasteiger partial charge in [0.25, 0.3) is 0 Å². The van der Waals surface area contributed by atoms with E-state index in [9.17, 15) is 4.79 Å². The van der Waals surface area contributed by atoms with E-state index in [0.29, 0.717) is 18.9 Å². The van der Waals surface area contributed by atoms with E-state index in [1.165, 1.54) is 5.56 Å². The van der Waals surface area contributed by atoms with Crippen LogP contribution in [-0.4, -0.2) is 18.4 Å². The SMILES string of the molecule is N=C(N)c1ccc(CCCCC2CCOC(=O)C2)cc1. The lowest BCUT2D eigenvalue weighted by atomic mass is 9.93. The summed E-state index contributed by atoms with van der Waals surface area (Å²) < 4.78 is 4.95. The van der Waals surface area contributed by atoms with Gasteiger partial charge < -0.3 is 10.5 Å². The average Bonchev–Trinajstić information content (AvgIpc) is 2.44. The van der Waals surface area contributed by atoms with Crippen LogP contribution in [0.4, 0.5) is 0 Å². The van der Waals surface area contributed by atoms with Crippen molar-refractivity contribution < 1.29 is 9.53 Å². The van der Waals surface area contributed by atoms with Crippen molar-refractivity contribution in [3.8, 4) is 0 Å². The minimum absolute atomic E-state index is 0.0407. The van der Waals surface area contributed by atoms with Crippen LogP contribution < -0.4 is 5.73 Å². The molecule has 3 N–H and O–H groups in total. The predicted octanol–water partition coefficient (Wildman–Crippen LogP) is 2.64. The molecule has 1 heterocycles. The second kappa shape index (κ2) is 7.08. The smallest absolute Gasteiger partial charge is 0.306 e. The zero-order valence-electron chi connectivity index (χ0n) is 11.7. The maximum absolute atomic E-state index is 11.2. The van der Waals surface area contributed by atoms with E-state index < -0.39 is 0 Å². The lowest BCUT2D eigenvalue weighted by Gasteiger charge is -2.20. The number of amidine groups is 1. The highest BCUT2D eigenvalue weighted by atomic mass is 16.5. The van der Waals surface area contributed by atoms with Gasteiger partial charge in [-0.05, 0) is 37.2 Å². The molecular weight excluding hydrogens is 252 g/mol. The fourth-order valence-electron chi connectivity index (χ4n) is 2.60. The number of cyclic esters (lactones) is 1. The Bertz CT molecular complexity index is 468. The molecule has 108 valence electrons. The molecule has 1 aliphatic heterocycles. The number of hydrogen-bond acceptors (Lipinski definition) is 3. The summed E-state index contributed by atoms with van der Waals surface area (Å²) in [5.74, 6) is 0.582. The third-order valence-electron chi connectivity index (χ3n) is 3.84. The van der Waals surface area contributed by atoms with Crippen molar-refractivity contribution in [2.24, 2.45) is 11.7 Å². The lowest BCUT2D eigenvalue weighted by molar-refractivity contribution is -0.149. The molecule has 0 amide bonds. The maximum atomic E-state index is 11.2. The predicted molar refractivity (Wildman–Crippen MR) is 78.7 cm³/mol. The highest BCUT2D eigenvalue weighted by Gasteiger charge is 2.19. The monoisotopic (exact) mass is 274 g/mol. The summed E-state index contributed by atoms with van der Waals surface area (Å²) in [4.78, 5) is 11.2. The summed E-state index contributed by atoms with van der Waals surface area (Å²) >= 11 is 0. The van der Waals surface area contributed by atoms with Gasteiger partial charge in [0.1, 0.15) is 5.84 Å². The van der Waals surface area contributed by atoms with Crippen LogP contribution in [0.15, 0.2) is 24.3 Å². The first-order valence-corrected chi connectivity index (χ1v) is 7.24. The first-order valence-electron chi connectivity index (χ1n) is 7.24. The van der Waals surface area contributed by atoms with E-state index in [2.05, 4.69) is 0 Å². The van der Waals surface area contributed by atoms with E-state index in [0.717, 1.165) is 37.7 Å². The number of rotatable bonds is 6. The Morgan fingerprint density at radius 3 is 2.70 bits per heavy atom. The number of ether oxygens (including phenoxy) is 1. The summed E-state index contributed by atoms with van der Waals surface area (Å²) in [5.41, 5.74) is 7.47. The summed E-state index contributed by atoms with van der Waals surface area (Å²) in [6.45, 7) is 0.593. The highest BCUT2D eigenvalue weighted by Crippen LogP contribution is 2.22. The zero-order valence-corrected chi connectivity index (χ0v) is 11.7. The molecule has 0 saturated carbocycles. The molecule has 0 radical (unpaired) electrons. The maximum Gasteiger partial charge on any atom is 0.306 e. The summed E-state index contributed by atoms with van der Waals surface area (Å²) in [7, 11) is 0. The van der Waals surface area contributed by atoms with Crippen LogP contribution in [0, 0.1) is 11.3 Å². The van der Waals surface area contributed by atoms with Gasteiger partial charge in [-0.1, -0.05) is 30.7 Å². The Hall–Kier alpha value is -1.84. The third-order valence-corrected chi connectivity index (χ3v) is 3.84. The molecule has 1 saturated heterocycles. The van der Waals surface area contributed by atoms with Crippen LogP contribution in [-0.2, 0) is 16.0 Å². The van der Waals surface area contributed by atoms with Crippen LogP contribution >= 0.6 is 0 Å². The van der Waals surface area contributed by atoms with Gasteiger partial charge in [-0.15, -0.1) is 0 Å². The Morgan fingerprint density at radius 1 is 1.30 bits per heavy atom. The fraction of sp³-hybridized carbons (Fsp3) is 0.500. The number of carbonyl (C=O) groups is 1. The largest absolute Gasteiger partial charge is 0.466 e. The minimum atomic E-state index is -0.0407. The van der Waals surface area contributed by atoms with Crippen molar-refractivity contribution in [3.63, 3.8) is 0 Å². The van der Waals surface area contributed by atoms with E-state index in [1.54, 1.807) is 0 Å². The van der Waals surface area contributed by atoms with Crippen molar-refractivity contribution in [1.29, 1.82) is 5.41 Å². The number of nitrogens with two attached hydrogens (primary N) is 1. The molecule has 1 atom stereocenters. The van der Waals surface area contributed by atoms with Gasteiger partial charge in [0.15, 0.2) is 0 Å². The minimum Gasteiger partial charge on any atom is -0.466 e. The lowest BCUT2D eigenvalue weighted by Crippen LogP contribution is -2.20. The number of nitrogen functional groups attached to an aromatic ring is 1. The van der Waals surface area contributed by atoms with Crippen LogP contribution in [0.2, 0.25) is 0 Å². The summed E-state index contributed by atoms with van der Waals surface area (Å²) in [6.07, 6.45) is 6.03. The normalized spacial score (nSPS) is 18.6. The van der Waals surface area contributed by atoms with Gasteiger partial charge in [-0.2, -0.15) is 0 Å². The molecule has 1 unspecified atom stereocenters. The van der Waals surface area contributed by atoms with Gasteiger partial charge in [0.2, 0.25) is 0 Å².